The van der Waals surface area contributed by atoms with Gasteiger partial charge in [0.15, 0.2) is 5.69 Å². The molecule has 8 nitrogen and oxygen atoms in total. The van der Waals surface area contributed by atoms with Crippen LogP contribution < -0.4 is 10.6 Å². The van der Waals surface area contributed by atoms with Crippen molar-refractivity contribution in [1.82, 2.24) is 35.6 Å². The fourth-order valence-corrected chi connectivity index (χ4v) is 3.15. The standard InChI is InChI=1S/C17H21N7O.2ClH/c1-11(16-20-13-4-2-3-5-14(13)21-16)19-17(25)15-10-24(23-22-15)12-6-8-18-9-7-12;;/h2-5,10-12,18H,6-9H2,1H3,(H,19,25)(H,20,21);2*1H. The van der Waals surface area contributed by atoms with E-state index >= 15 is 0 Å². The molecule has 1 saturated heterocycles. The van der Waals surface area contributed by atoms with Crippen LogP contribution in [0.2, 0.25) is 0 Å². The van der Waals surface area contributed by atoms with Crippen LogP contribution in [0, 0.1) is 0 Å². The van der Waals surface area contributed by atoms with Crippen LogP contribution in [0.5, 0.6) is 0 Å². The molecular weight excluding hydrogens is 389 g/mol. The topological polar surface area (TPSA) is 101 Å². The lowest BCUT2D eigenvalue weighted by atomic mass is 10.1. The third kappa shape index (κ3) is 4.58. The Hall–Kier alpha value is -2.16. The zero-order chi connectivity index (χ0) is 17.2. The normalized spacial score (nSPS) is 15.6. The Balaban J connectivity index is 0.00000131. The number of halogens is 2. The van der Waals surface area contributed by atoms with E-state index in [0.717, 1.165) is 42.8 Å². The number of imidazole rings is 1. The van der Waals surface area contributed by atoms with Crippen molar-refractivity contribution in [3.63, 3.8) is 0 Å². The third-order valence-corrected chi connectivity index (χ3v) is 4.59. The summed E-state index contributed by atoms with van der Waals surface area (Å²) < 4.78 is 1.81. The molecule has 1 aliphatic rings. The van der Waals surface area contributed by atoms with E-state index in [2.05, 4.69) is 30.9 Å². The molecule has 2 aromatic heterocycles. The van der Waals surface area contributed by atoms with Crippen LogP contribution in [0.4, 0.5) is 0 Å². The lowest BCUT2D eigenvalue weighted by molar-refractivity contribution is 0.0933. The van der Waals surface area contributed by atoms with Gasteiger partial charge in [-0.1, -0.05) is 17.3 Å². The summed E-state index contributed by atoms with van der Waals surface area (Å²) in [5, 5.41) is 14.4. The molecule has 1 aliphatic heterocycles. The van der Waals surface area contributed by atoms with Gasteiger partial charge in [-0.25, -0.2) is 9.67 Å². The highest BCUT2D eigenvalue weighted by Gasteiger charge is 2.20. The zero-order valence-corrected chi connectivity index (χ0v) is 16.5. The number of nitrogens with one attached hydrogen (secondary N) is 3. The summed E-state index contributed by atoms with van der Waals surface area (Å²) in [5.41, 5.74) is 2.17. The largest absolute Gasteiger partial charge is 0.341 e. The molecule has 27 heavy (non-hydrogen) atoms. The van der Waals surface area contributed by atoms with Gasteiger partial charge in [-0.05, 0) is 45.0 Å². The average molecular weight is 412 g/mol. The molecule has 146 valence electrons. The van der Waals surface area contributed by atoms with Crippen molar-refractivity contribution in [2.75, 3.05) is 13.1 Å². The highest BCUT2D eigenvalue weighted by atomic mass is 35.5. The molecule has 0 aliphatic carbocycles. The predicted octanol–water partition coefficient (Wildman–Crippen LogP) is 2.41. The van der Waals surface area contributed by atoms with Crippen molar-refractivity contribution in [1.29, 1.82) is 0 Å². The van der Waals surface area contributed by atoms with Gasteiger partial charge in [-0.2, -0.15) is 0 Å². The molecule has 1 amide bonds. The van der Waals surface area contributed by atoms with E-state index in [0.29, 0.717) is 11.7 Å². The number of amides is 1. The molecular formula is C17H23Cl2N7O. The maximum Gasteiger partial charge on any atom is 0.274 e. The molecule has 1 unspecified atom stereocenters. The first-order valence-electron chi connectivity index (χ1n) is 8.59. The van der Waals surface area contributed by atoms with E-state index in [1.807, 2.05) is 35.9 Å². The van der Waals surface area contributed by atoms with Crippen LogP contribution in [0.3, 0.4) is 0 Å². The molecule has 1 fully saturated rings. The minimum absolute atomic E-state index is 0. The van der Waals surface area contributed by atoms with Crippen LogP contribution >= 0.6 is 24.8 Å². The van der Waals surface area contributed by atoms with Crippen molar-refractivity contribution < 1.29 is 4.79 Å². The number of benzene rings is 1. The number of para-hydroxylation sites is 2. The fraction of sp³-hybridized carbons (Fsp3) is 0.412. The SMILES string of the molecule is CC(NC(=O)c1cn(C2CCNCC2)nn1)c1nc2ccccc2[nH]1.Cl.Cl. The molecule has 0 saturated carbocycles. The van der Waals surface area contributed by atoms with Gasteiger partial charge in [-0.3, -0.25) is 4.79 Å². The van der Waals surface area contributed by atoms with Gasteiger partial charge in [0.1, 0.15) is 5.82 Å². The number of carbonyl (C=O) groups is 1. The number of nitrogens with zero attached hydrogens (tertiary/aromatic N) is 4. The maximum atomic E-state index is 12.5. The summed E-state index contributed by atoms with van der Waals surface area (Å²) in [6.07, 6.45) is 3.73. The van der Waals surface area contributed by atoms with E-state index in [4.69, 9.17) is 0 Å². The van der Waals surface area contributed by atoms with E-state index in [9.17, 15) is 4.79 Å². The Morgan fingerprint density at radius 3 is 2.74 bits per heavy atom. The Kier molecular flexibility index (Phi) is 7.18. The second-order valence-corrected chi connectivity index (χ2v) is 6.40. The van der Waals surface area contributed by atoms with Crippen LogP contribution in [0.15, 0.2) is 30.5 Å². The number of rotatable bonds is 4. The van der Waals surface area contributed by atoms with E-state index in [-0.39, 0.29) is 36.8 Å². The second kappa shape index (κ2) is 9.16. The second-order valence-electron chi connectivity index (χ2n) is 6.40. The van der Waals surface area contributed by atoms with Crippen LogP contribution in [0.25, 0.3) is 11.0 Å². The number of piperidine rings is 1. The smallest absolute Gasteiger partial charge is 0.274 e. The Morgan fingerprint density at radius 2 is 2.00 bits per heavy atom. The van der Waals surface area contributed by atoms with Crippen molar-refractivity contribution in [3.8, 4) is 0 Å². The minimum Gasteiger partial charge on any atom is -0.341 e. The molecule has 3 N–H and O–H groups in total. The van der Waals surface area contributed by atoms with Gasteiger partial charge in [0, 0.05) is 0 Å². The number of fused-ring (bicyclic) bond motifs is 1. The third-order valence-electron chi connectivity index (χ3n) is 4.59. The summed E-state index contributed by atoms with van der Waals surface area (Å²) in [6, 6.07) is 7.86. The molecule has 4 rings (SSSR count). The summed E-state index contributed by atoms with van der Waals surface area (Å²) >= 11 is 0. The zero-order valence-electron chi connectivity index (χ0n) is 14.9. The molecule has 3 heterocycles. The Bertz CT molecular complexity index is 855. The summed E-state index contributed by atoms with van der Waals surface area (Å²) in [5.74, 6) is 0.480. The van der Waals surface area contributed by atoms with Crippen molar-refractivity contribution >= 4 is 41.8 Å². The summed E-state index contributed by atoms with van der Waals surface area (Å²) in [6.45, 7) is 3.83. The van der Waals surface area contributed by atoms with Gasteiger partial charge in [-0.15, -0.1) is 29.9 Å². The van der Waals surface area contributed by atoms with Gasteiger partial charge >= 0.3 is 0 Å². The molecule has 1 aromatic carbocycles. The quantitative estimate of drug-likeness (QED) is 0.611. The number of hydrogen-bond acceptors (Lipinski definition) is 5. The van der Waals surface area contributed by atoms with E-state index in [1.54, 1.807) is 6.20 Å². The molecule has 3 aromatic rings. The first kappa shape index (κ1) is 21.1. The maximum absolute atomic E-state index is 12.5. The first-order valence-corrected chi connectivity index (χ1v) is 8.59. The number of hydrogen-bond donors (Lipinski definition) is 3. The average Bonchev–Trinajstić information content (AvgIpc) is 3.29. The highest BCUT2D eigenvalue weighted by molar-refractivity contribution is 5.92. The van der Waals surface area contributed by atoms with Crippen LogP contribution in [-0.4, -0.2) is 44.0 Å². The first-order chi connectivity index (χ1) is 12.2. The highest BCUT2D eigenvalue weighted by Crippen LogP contribution is 2.18. The van der Waals surface area contributed by atoms with Crippen molar-refractivity contribution in [3.05, 3.63) is 42.0 Å². The fourth-order valence-electron chi connectivity index (χ4n) is 3.15. The van der Waals surface area contributed by atoms with Crippen LogP contribution in [0.1, 0.15) is 48.2 Å². The van der Waals surface area contributed by atoms with Gasteiger partial charge in [0.2, 0.25) is 0 Å². The summed E-state index contributed by atoms with van der Waals surface area (Å²) in [7, 11) is 0. The van der Waals surface area contributed by atoms with Gasteiger partial charge in [0.05, 0.1) is 29.3 Å². The number of aromatic amines is 1. The van der Waals surface area contributed by atoms with E-state index < -0.39 is 0 Å². The minimum atomic E-state index is -0.246. The van der Waals surface area contributed by atoms with E-state index in [1.165, 1.54) is 0 Å². The molecule has 10 heteroatoms. The molecule has 1 atom stereocenters. The molecule has 0 spiro atoms. The monoisotopic (exact) mass is 411 g/mol. The molecule has 0 bridgehead atoms. The molecule has 0 radical (unpaired) electrons. The number of aromatic nitrogens is 5. The van der Waals surface area contributed by atoms with Crippen LogP contribution in [-0.2, 0) is 0 Å². The summed E-state index contributed by atoms with van der Waals surface area (Å²) in [4.78, 5) is 20.2. The van der Waals surface area contributed by atoms with Gasteiger partial charge < -0.3 is 15.6 Å². The Morgan fingerprint density at radius 1 is 1.26 bits per heavy atom. The predicted molar refractivity (Wildman–Crippen MR) is 108 cm³/mol. The van der Waals surface area contributed by atoms with Crippen molar-refractivity contribution in [2.24, 2.45) is 0 Å². The number of H-pyrrole nitrogens is 1. The number of carbonyl (C=O) groups excluding carboxylic acids is 1. The van der Waals surface area contributed by atoms with Gasteiger partial charge in [0.25, 0.3) is 5.91 Å². The lowest BCUT2D eigenvalue weighted by Crippen LogP contribution is -2.29. The lowest BCUT2D eigenvalue weighted by Gasteiger charge is -2.22. The van der Waals surface area contributed by atoms with Crippen molar-refractivity contribution in [2.45, 2.75) is 31.8 Å². The Labute approximate surface area is 169 Å².